The number of ether oxygens (including phenoxy) is 1. The first kappa shape index (κ1) is 17.3. The monoisotopic (exact) mass is 423 g/mol. The highest BCUT2D eigenvalue weighted by Crippen LogP contribution is 2.25. The quantitative estimate of drug-likeness (QED) is 0.482. The van der Waals surface area contributed by atoms with E-state index in [-0.39, 0.29) is 0 Å². The fourth-order valence-corrected chi connectivity index (χ4v) is 4.30. The lowest BCUT2D eigenvalue weighted by atomic mass is 9.97. The molecule has 0 unspecified atom stereocenters. The maximum absolute atomic E-state index is 5.96. The van der Waals surface area contributed by atoms with Gasteiger partial charge in [0.1, 0.15) is 12.4 Å². The number of fused-ring (bicyclic) bond motifs is 1. The van der Waals surface area contributed by atoms with Crippen molar-refractivity contribution in [2.45, 2.75) is 13.0 Å². The first-order valence-corrected chi connectivity index (χ1v) is 10.2. The van der Waals surface area contributed by atoms with Crippen LogP contribution in [0.3, 0.4) is 0 Å². The molecule has 0 saturated carbocycles. The number of rotatable bonds is 5. The molecule has 0 spiro atoms. The van der Waals surface area contributed by atoms with Crippen molar-refractivity contribution in [3.8, 4) is 5.75 Å². The van der Waals surface area contributed by atoms with Gasteiger partial charge in [0.15, 0.2) is 0 Å². The topological polar surface area (TPSA) is 21.6 Å². The molecule has 1 aliphatic rings. The zero-order valence-electron chi connectivity index (χ0n) is 14.2. The van der Waals surface area contributed by atoms with Crippen molar-refractivity contribution in [2.24, 2.45) is 4.99 Å². The van der Waals surface area contributed by atoms with Gasteiger partial charge in [-0.1, -0.05) is 30.3 Å². The molecule has 3 aromatic rings. The molecule has 0 amide bonds. The van der Waals surface area contributed by atoms with Gasteiger partial charge in [0.05, 0.1) is 5.71 Å². The SMILES string of the molecule is Brc1csc(/C=C/C2=NCCc3cc(OCc4ccccc4)ccc32)c1. The fraction of sp³-hybridized carbons (Fsp3) is 0.136. The molecule has 26 heavy (non-hydrogen) atoms. The van der Waals surface area contributed by atoms with Crippen molar-refractivity contribution in [3.63, 3.8) is 0 Å². The van der Waals surface area contributed by atoms with Crippen molar-refractivity contribution in [2.75, 3.05) is 6.54 Å². The second kappa shape index (κ2) is 8.02. The molecule has 2 aromatic carbocycles. The Bertz CT molecular complexity index is 959. The first-order valence-electron chi connectivity index (χ1n) is 8.54. The average molecular weight is 424 g/mol. The molecule has 4 rings (SSSR count). The smallest absolute Gasteiger partial charge is 0.120 e. The Morgan fingerprint density at radius 3 is 2.77 bits per heavy atom. The van der Waals surface area contributed by atoms with E-state index in [1.54, 1.807) is 11.3 Å². The van der Waals surface area contributed by atoms with E-state index in [2.05, 4.69) is 63.8 Å². The van der Waals surface area contributed by atoms with Crippen molar-refractivity contribution >= 4 is 39.1 Å². The zero-order valence-corrected chi connectivity index (χ0v) is 16.6. The number of halogens is 1. The van der Waals surface area contributed by atoms with Crippen LogP contribution in [0.4, 0.5) is 0 Å². The van der Waals surface area contributed by atoms with Crippen LogP contribution in [0.5, 0.6) is 5.75 Å². The number of hydrogen-bond donors (Lipinski definition) is 0. The summed E-state index contributed by atoms with van der Waals surface area (Å²) in [6.07, 6.45) is 5.20. The Kier molecular flexibility index (Phi) is 5.32. The van der Waals surface area contributed by atoms with Crippen LogP contribution in [0.2, 0.25) is 0 Å². The largest absolute Gasteiger partial charge is 0.489 e. The standard InChI is InChI=1S/C22H18BrNOS/c23-18-13-20(26-15-18)7-9-22-21-8-6-19(12-17(21)10-11-24-22)25-14-16-4-2-1-3-5-16/h1-9,12-13,15H,10-11,14H2/b9-7+. The van der Waals surface area contributed by atoms with E-state index in [1.165, 1.54) is 21.6 Å². The third-order valence-electron chi connectivity index (χ3n) is 4.26. The molecule has 2 heterocycles. The van der Waals surface area contributed by atoms with Gasteiger partial charge in [-0.15, -0.1) is 11.3 Å². The van der Waals surface area contributed by atoms with Crippen LogP contribution in [-0.2, 0) is 13.0 Å². The molecule has 0 atom stereocenters. The van der Waals surface area contributed by atoms with Gasteiger partial charge in [0.25, 0.3) is 0 Å². The second-order valence-electron chi connectivity index (χ2n) is 6.11. The molecule has 1 aromatic heterocycles. The third-order valence-corrected chi connectivity index (χ3v) is 5.92. The number of nitrogens with zero attached hydrogens (tertiary/aromatic N) is 1. The number of hydrogen-bond acceptors (Lipinski definition) is 3. The molecule has 2 nitrogen and oxygen atoms in total. The van der Waals surface area contributed by atoms with Crippen LogP contribution in [0, 0.1) is 0 Å². The average Bonchev–Trinajstić information content (AvgIpc) is 3.10. The molecular weight excluding hydrogens is 406 g/mol. The molecule has 0 aliphatic carbocycles. The van der Waals surface area contributed by atoms with Crippen LogP contribution in [0.1, 0.15) is 21.6 Å². The maximum Gasteiger partial charge on any atom is 0.120 e. The van der Waals surface area contributed by atoms with Crippen LogP contribution in [-0.4, -0.2) is 12.3 Å². The lowest BCUT2D eigenvalue weighted by Crippen LogP contribution is -2.11. The minimum Gasteiger partial charge on any atom is -0.489 e. The summed E-state index contributed by atoms with van der Waals surface area (Å²) in [5.74, 6) is 0.917. The highest BCUT2D eigenvalue weighted by Gasteiger charge is 2.13. The summed E-state index contributed by atoms with van der Waals surface area (Å²) in [5, 5.41) is 2.09. The van der Waals surface area contributed by atoms with E-state index in [4.69, 9.17) is 9.73 Å². The summed E-state index contributed by atoms with van der Waals surface area (Å²) in [6.45, 7) is 1.41. The molecule has 0 saturated heterocycles. The van der Waals surface area contributed by atoms with E-state index in [0.29, 0.717) is 6.61 Å². The number of thiophene rings is 1. The lowest BCUT2D eigenvalue weighted by Gasteiger charge is -2.16. The number of benzene rings is 2. The van der Waals surface area contributed by atoms with Gasteiger partial charge in [0.2, 0.25) is 0 Å². The van der Waals surface area contributed by atoms with Gasteiger partial charge in [-0.05, 0) is 69.9 Å². The van der Waals surface area contributed by atoms with E-state index < -0.39 is 0 Å². The molecule has 4 heteroatoms. The maximum atomic E-state index is 5.96. The molecule has 0 bridgehead atoms. The van der Waals surface area contributed by atoms with E-state index >= 15 is 0 Å². The van der Waals surface area contributed by atoms with Crippen molar-refractivity contribution in [1.82, 2.24) is 0 Å². The van der Waals surface area contributed by atoms with Gasteiger partial charge in [-0.25, -0.2) is 0 Å². The third kappa shape index (κ3) is 4.14. The lowest BCUT2D eigenvalue weighted by molar-refractivity contribution is 0.306. The predicted octanol–water partition coefficient (Wildman–Crippen LogP) is 6.15. The normalized spacial score (nSPS) is 13.5. The minimum atomic E-state index is 0.591. The fourth-order valence-electron chi connectivity index (χ4n) is 2.96. The van der Waals surface area contributed by atoms with Gasteiger partial charge in [0, 0.05) is 26.8 Å². The zero-order chi connectivity index (χ0) is 17.8. The minimum absolute atomic E-state index is 0.591. The van der Waals surface area contributed by atoms with Crippen molar-refractivity contribution in [3.05, 3.63) is 92.1 Å². The first-order chi connectivity index (χ1) is 12.8. The summed E-state index contributed by atoms with van der Waals surface area (Å²) in [5.41, 5.74) is 4.73. The Hall–Kier alpha value is -2.17. The Morgan fingerprint density at radius 1 is 1.08 bits per heavy atom. The Morgan fingerprint density at radius 2 is 1.96 bits per heavy atom. The van der Waals surface area contributed by atoms with Crippen molar-refractivity contribution in [1.29, 1.82) is 0 Å². The predicted molar refractivity (Wildman–Crippen MR) is 113 cm³/mol. The highest BCUT2D eigenvalue weighted by molar-refractivity contribution is 9.10. The molecule has 1 aliphatic heterocycles. The number of allylic oxidation sites excluding steroid dienone is 1. The Balaban J connectivity index is 1.49. The molecule has 0 fully saturated rings. The second-order valence-corrected chi connectivity index (χ2v) is 7.97. The van der Waals surface area contributed by atoms with Gasteiger partial charge in [-0.2, -0.15) is 0 Å². The van der Waals surface area contributed by atoms with E-state index in [0.717, 1.165) is 28.9 Å². The Labute approximate surface area is 166 Å². The molecular formula is C22H18BrNOS. The van der Waals surface area contributed by atoms with E-state index in [9.17, 15) is 0 Å². The van der Waals surface area contributed by atoms with Crippen LogP contribution >= 0.6 is 27.3 Å². The summed E-state index contributed by atoms with van der Waals surface area (Å²) in [7, 11) is 0. The summed E-state index contributed by atoms with van der Waals surface area (Å²) in [4.78, 5) is 5.91. The van der Waals surface area contributed by atoms with Gasteiger partial charge < -0.3 is 4.74 Å². The highest BCUT2D eigenvalue weighted by atomic mass is 79.9. The van der Waals surface area contributed by atoms with Crippen molar-refractivity contribution < 1.29 is 4.74 Å². The van der Waals surface area contributed by atoms with Gasteiger partial charge in [-0.3, -0.25) is 4.99 Å². The molecule has 0 radical (unpaired) electrons. The van der Waals surface area contributed by atoms with Crippen LogP contribution < -0.4 is 4.74 Å². The summed E-state index contributed by atoms with van der Waals surface area (Å²) in [6, 6.07) is 18.7. The van der Waals surface area contributed by atoms with E-state index in [1.807, 2.05) is 24.3 Å². The van der Waals surface area contributed by atoms with Gasteiger partial charge >= 0.3 is 0 Å². The van der Waals surface area contributed by atoms with Crippen LogP contribution in [0.25, 0.3) is 6.08 Å². The molecule has 130 valence electrons. The number of aliphatic imine (C=N–C) groups is 1. The molecule has 0 N–H and O–H groups in total. The summed E-state index contributed by atoms with van der Waals surface area (Å²) >= 11 is 5.21. The summed E-state index contributed by atoms with van der Waals surface area (Å²) < 4.78 is 7.08. The van der Waals surface area contributed by atoms with Crippen LogP contribution in [0.15, 0.2) is 75.5 Å².